The molecule has 3 unspecified atom stereocenters. The Morgan fingerprint density at radius 1 is 1.23 bits per heavy atom. The molecule has 31 heavy (non-hydrogen) atoms. The number of fused-ring (bicyclic) bond motifs is 6. The van der Waals surface area contributed by atoms with Crippen LogP contribution in [-0.2, 0) is 22.4 Å². The van der Waals surface area contributed by atoms with E-state index in [0.29, 0.717) is 12.2 Å². The van der Waals surface area contributed by atoms with Gasteiger partial charge in [0.25, 0.3) is 5.56 Å². The molecule has 0 saturated carbocycles. The van der Waals surface area contributed by atoms with E-state index in [4.69, 9.17) is 22.4 Å². The molecule has 1 aromatic heterocycles. The molecule has 1 aromatic rings. The van der Waals surface area contributed by atoms with E-state index in [0.717, 1.165) is 13.1 Å². The summed E-state index contributed by atoms with van der Waals surface area (Å²) in [6.07, 6.45) is -0.599. The Labute approximate surface area is 181 Å². The molecule has 0 aliphatic carbocycles. The molecule has 5 heterocycles. The van der Waals surface area contributed by atoms with Crippen LogP contribution in [0, 0.1) is 6.92 Å². The second-order valence-corrected chi connectivity index (χ2v) is 10.6. The molecule has 2 N–H and O–H groups in total. The second kappa shape index (κ2) is 8.87. The Balaban J connectivity index is 1.58. The first-order valence-corrected chi connectivity index (χ1v) is 12.3. The summed E-state index contributed by atoms with van der Waals surface area (Å²) in [5, 5.41) is 9.90. The number of hydrogen-bond donors (Lipinski definition) is 2. The van der Waals surface area contributed by atoms with E-state index in [-0.39, 0.29) is 31.3 Å². The normalized spacial score (nSPS) is 41.0. The molecule has 0 aromatic carbocycles. The Kier molecular flexibility index (Phi) is 6.52. The maximum absolute atomic E-state index is 12.3. The van der Waals surface area contributed by atoms with E-state index in [1.54, 1.807) is 6.92 Å². The fraction of sp³-hybridized carbons (Fsp3) is 0.789. The summed E-state index contributed by atoms with van der Waals surface area (Å²) in [7, 11) is -3.55. The monoisotopic (exact) mass is 457 g/mol. The van der Waals surface area contributed by atoms with Crippen molar-refractivity contribution in [3.8, 4) is 0 Å². The minimum Gasteiger partial charge on any atom is -0.394 e. The van der Waals surface area contributed by atoms with Gasteiger partial charge >= 0.3 is 14.7 Å². The zero-order valence-electron chi connectivity index (χ0n) is 18.3. The van der Waals surface area contributed by atoms with Crippen LogP contribution in [0.4, 0.5) is 0 Å². The van der Waals surface area contributed by atoms with Crippen molar-refractivity contribution < 1.29 is 27.5 Å². The van der Waals surface area contributed by atoms with Gasteiger partial charge in [0, 0.05) is 37.3 Å². The van der Waals surface area contributed by atoms with Crippen molar-refractivity contribution >= 4 is 9.05 Å². The van der Waals surface area contributed by atoms with Gasteiger partial charge in [-0.05, 0) is 27.7 Å². The van der Waals surface area contributed by atoms with Gasteiger partial charge in [-0.25, -0.2) is 4.79 Å². The van der Waals surface area contributed by atoms with Crippen molar-refractivity contribution in [2.75, 3.05) is 26.3 Å². The average molecular weight is 458 g/mol. The maximum Gasteiger partial charge on any atom is 0.680 e. The van der Waals surface area contributed by atoms with Gasteiger partial charge < -0.3 is 27.5 Å². The lowest BCUT2D eigenvalue weighted by molar-refractivity contribution is -0.143. The maximum atomic E-state index is 12.3. The van der Waals surface area contributed by atoms with Crippen molar-refractivity contribution in [2.24, 2.45) is 0 Å². The number of hydrogen-bond acceptors (Lipinski definition) is 9. The molecule has 2 bridgehead atoms. The van der Waals surface area contributed by atoms with Gasteiger partial charge in [0.2, 0.25) is 0 Å². The third-order valence-electron chi connectivity index (χ3n) is 5.91. The Morgan fingerprint density at radius 3 is 2.55 bits per heavy atom. The number of aryl methyl sites for hydroxylation is 1. The fourth-order valence-electron chi connectivity index (χ4n) is 4.32. The van der Waals surface area contributed by atoms with Crippen LogP contribution in [0.1, 0.15) is 39.0 Å². The van der Waals surface area contributed by atoms with Gasteiger partial charge in [-0.15, -0.1) is 0 Å². The topological polar surface area (TPSA) is 124 Å². The van der Waals surface area contributed by atoms with Crippen molar-refractivity contribution in [3.63, 3.8) is 0 Å². The molecule has 11 nitrogen and oxygen atoms in total. The van der Waals surface area contributed by atoms with Gasteiger partial charge in [-0.1, -0.05) is 0 Å². The van der Waals surface area contributed by atoms with Gasteiger partial charge in [0.1, 0.15) is 12.3 Å². The average Bonchev–Trinajstić information content (AvgIpc) is 3.08. The number of nitrogens with zero attached hydrogens (tertiary/aromatic N) is 2. The van der Waals surface area contributed by atoms with E-state index in [1.165, 1.54) is 10.8 Å². The summed E-state index contributed by atoms with van der Waals surface area (Å²) in [6.45, 7) is 9.22. The summed E-state index contributed by atoms with van der Waals surface area (Å²) in [5.41, 5.74) is -0.634. The number of rotatable bonds is 4. The molecule has 12 heteroatoms. The number of nitrogens with one attached hydrogen (secondary N) is 1. The Hall–Kier alpha value is -1.38. The molecule has 174 valence electrons. The first kappa shape index (κ1) is 22.8. The summed E-state index contributed by atoms with van der Waals surface area (Å²) in [4.78, 5) is 28.6. The third kappa shape index (κ3) is 4.71. The van der Waals surface area contributed by atoms with Crippen molar-refractivity contribution in [1.82, 2.24) is 14.5 Å². The van der Waals surface area contributed by atoms with Gasteiger partial charge in [-0.2, -0.15) is 0 Å². The molecule has 0 radical (unpaired) electrons. The van der Waals surface area contributed by atoms with Crippen LogP contribution in [0.25, 0.3) is 0 Å². The summed E-state index contributed by atoms with van der Waals surface area (Å²) < 4.78 is 32.1. The minimum absolute atomic E-state index is 0.155. The van der Waals surface area contributed by atoms with Gasteiger partial charge in [-0.3, -0.25) is 19.2 Å². The van der Waals surface area contributed by atoms with Crippen LogP contribution < -0.4 is 11.2 Å². The van der Waals surface area contributed by atoms with Gasteiger partial charge in [0.15, 0.2) is 0 Å². The lowest BCUT2D eigenvalue weighted by Crippen LogP contribution is -2.64. The highest BCUT2D eigenvalue weighted by Gasteiger charge is 2.56. The first-order chi connectivity index (χ1) is 14.7. The van der Waals surface area contributed by atoms with Crippen LogP contribution in [0.15, 0.2) is 15.8 Å². The smallest absolute Gasteiger partial charge is 0.394 e. The lowest BCUT2D eigenvalue weighted by atomic mass is 10.2. The van der Waals surface area contributed by atoms with E-state index in [2.05, 4.69) is 16.8 Å². The highest BCUT2D eigenvalue weighted by Crippen LogP contribution is 2.34. The fourth-order valence-corrected chi connectivity index (χ4v) is 6.89. The molecule has 5 rings (SSSR count). The standard InChI is InChI=1S/C19H31N3O8Si/c1-11-6-22(19(25)20-18(11)24)17-5-15(16(9-23)27-17)30-31-26-10-12(2)21(7-13(3)28-31)8-14(4)29-31/h6,12-17,23H,5,7-10H2,1-4H3,(H,20,24,25)/t12?,13?,14?,15-,16+,17+,31?/m0/s1. The van der Waals surface area contributed by atoms with Crippen LogP contribution in [0.2, 0.25) is 0 Å². The van der Waals surface area contributed by atoms with Crippen molar-refractivity contribution in [3.05, 3.63) is 32.6 Å². The molecular weight excluding hydrogens is 426 g/mol. The molecule has 4 saturated heterocycles. The van der Waals surface area contributed by atoms with Crippen LogP contribution in [-0.4, -0.2) is 85.4 Å². The van der Waals surface area contributed by atoms with E-state index in [9.17, 15) is 14.7 Å². The van der Waals surface area contributed by atoms with Crippen LogP contribution >= 0.6 is 0 Å². The Morgan fingerprint density at radius 2 is 1.90 bits per heavy atom. The molecule has 6 atom stereocenters. The lowest BCUT2D eigenvalue weighted by Gasteiger charge is -2.45. The number of aromatic amines is 1. The number of aliphatic hydroxyl groups is 1. The predicted molar refractivity (Wildman–Crippen MR) is 110 cm³/mol. The van der Waals surface area contributed by atoms with E-state index in [1.807, 2.05) is 13.8 Å². The van der Waals surface area contributed by atoms with Crippen LogP contribution in [0.5, 0.6) is 0 Å². The molecule has 0 spiro atoms. The first-order valence-electron chi connectivity index (χ1n) is 10.7. The largest absolute Gasteiger partial charge is 0.680 e. The molecule has 0 amide bonds. The highest BCUT2D eigenvalue weighted by atomic mass is 28.4. The molecule has 4 fully saturated rings. The number of aromatic nitrogens is 2. The van der Waals surface area contributed by atoms with Gasteiger partial charge in [0.05, 0.1) is 31.5 Å². The zero-order chi connectivity index (χ0) is 22.3. The Bertz CT molecular complexity index is 893. The van der Waals surface area contributed by atoms with E-state index < -0.39 is 38.7 Å². The summed E-state index contributed by atoms with van der Waals surface area (Å²) in [6, 6.07) is 0.192. The highest BCUT2D eigenvalue weighted by molar-refractivity contribution is 6.53. The summed E-state index contributed by atoms with van der Waals surface area (Å²) in [5.74, 6) is 0. The molecule has 4 aliphatic rings. The van der Waals surface area contributed by atoms with E-state index >= 15 is 0 Å². The zero-order valence-corrected chi connectivity index (χ0v) is 19.3. The third-order valence-corrected chi connectivity index (χ3v) is 8.40. The SMILES string of the molecule is Cc1cn([C@H]2C[C@H](O[Si]34OCC(C)N(CC(C)O3)CC(C)O4)[C@@H](CO)O2)c(=O)[nH]c1=O. The second-order valence-electron chi connectivity index (χ2n) is 8.65. The van der Waals surface area contributed by atoms with Crippen molar-refractivity contribution in [1.29, 1.82) is 0 Å². The molecular formula is C19H31N3O8Si. The quantitative estimate of drug-likeness (QED) is 0.575. The number of ether oxygens (including phenoxy) is 1. The number of H-pyrrole nitrogens is 1. The predicted octanol–water partition coefficient (Wildman–Crippen LogP) is -0.510. The molecule has 4 aliphatic heterocycles. The van der Waals surface area contributed by atoms with Crippen molar-refractivity contribution in [2.45, 2.75) is 70.8 Å². The summed E-state index contributed by atoms with van der Waals surface area (Å²) >= 11 is 0. The minimum atomic E-state index is -3.55. The van der Waals surface area contributed by atoms with Crippen LogP contribution in [0.3, 0.4) is 0 Å². The number of aliphatic hydroxyl groups excluding tert-OH is 1.